The summed E-state index contributed by atoms with van der Waals surface area (Å²) in [6, 6.07) is 125. The van der Waals surface area contributed by atoms with Crippen molar-refractivity contribution in [3.05, 3.63) is 357 Å². The van der Waals surface area contributed by atoms with E-state index >= 15 is 0 Å². The van der Waals surface area contributed by atoms with E-state index in [1.165, 1.54) is 61.1 Å². The Bertz CT molecular complexity index is 6000. The Morgan fingerprint density at radius 3 is 1.11 bits per heavy atom. The monoisotopic (exact) mass is 1390 g/mol. The molecule has 0 atom stereocenters. The Morgan fingerprint density at radius 2 is 0.639 bits per heavy atom. The third-order valence-corrected chi connectivity index (χ3v) is 21.6. The number of hydrogen-bond donors (Lipinski definition) is 0. The fourth-order valence-corrected chi connectivity index (χ4v) is 16.0. The number of aromatic nitrogens is 6. The Morgan fingerprint density at radius 1 is 0.250 bits per heavy atom. The largest absolute Gasteiger partial charge is 0.311 e. The molecule has 0 radical (unpaired) electrons. The van der Waals surface area contributed by atoms with Gasteiger partial charge in [-0.25, -0.2) is 24.9 Å². The summed E-state index contributed by atoms with van der Waals surface area (Å²) >= 11 is 0. The molecule has 2 aliphatic heterocycles. The predicted molar refractivity (Wildman–Crippen MR) is 450 cm³/mol. The van der Waals surface area contributed by atoms with Gasteiger partial charge in [-0.15, -0.1) is 0 Å². The number of anilines is 6. The van der Waals surface area contributed by atoms with Gasteiger partial charge >= 0.3 is 0 Å². The minimum absolute atomic E-state index is 0.0972. The highest BCUT2D eigenvalue weighted by atomic mass is 15.2. The molecular weight excluding hydrogens is 1310 g/mol. The smallest absolute Gasteiger partial charge is 0.252 e. The summed E-state index contributed by atoms with van der Waals surface area (Å²) < 4.78 is 2.40. The van der Waals surface area contributed by atoms with Crippen molar-refractivity contribution in [2.75, 3.05) is 9.80 Å². The highest BCUT2D eigenvalue weighted by molar-refractivity contribution is 7.00. The first-order chi connectivity index (χ1) is 52.8. The predicted octanol–water partition coefficient (Wildman–Crippen LogP) is 23.4. The highest BCUT2D eigenvalue weighted by Crippen LogP contribution is 2.49. The van der Waals surface area contributed by atoms with E-state index in [0.29, 0.717) is 23.3 Å². The van der Waals surface area contributed by atoms with Crippen LogP contribution in [0, 0.1) is 0 Å². The zero-order valence-electron chi connectivity index (χ0n) is 61.1. The average Bonchev–Trinajstić information content (AvgIpc) is 0.779. The molecule has 0 unspecified atom stereocenters. The van der Waals surface area contributed by atoms with Crippen molar-refractivity contribution in [1.29, 1.82) is 0 Å². The molecule has 108 heavy (non-hydrogen) atoms. The normalized spacial score (nSPS) is 12.5. The molecule has 3 aromatic heterocycles. The molecule has 5 heterocycles. The van der Waals surface area contributed by atoms with E-state index in [9.17, 15) is 0 Å². The fraction of sp³-hybridized carbons (Fsp3) is 0.0808. The van der Waals surface area contributed by atoms with Crippen molar-refractivity contribution in [3.63, 3.8) is 0 Å². The van der Waals surface area contributed by atoms with Crippen molar-refractivity contribution < 1.29 is 0 Å². The second-order valence-corrected chi connectivity index (χ2v) is 30.5. The van der Waals surface area contributed by atoms with Gasteiger partial charge in [-0.3, -0.25) is 0 Å². The Balaban J connectivity index is 0.856. The zero-order valence-corrected chi connectivity index (χ0v) is 61.1. The second kappa shape index (κ2) is 26.3. The third-order valence-electron chi connectivity index (χ3n) is 21.6. The first kappa shape index (κ1) is 65.4. The Labute approximate surface area is 630 Å². The van der Waals surface area contributed by atoms with Gasteiger partial charge in [0.1, 0.15) is 0 Å². The Hall–Kier alpha value is -13.4. The summed E-state index contributed by atoms with van der Waals surface area (Å²) in [5.41, 5.74) is 29.7. The summed E-state index contributed by atoms with van der Waals surface area (Å²) in [4.78, 5) is 32.1. The lowest BCUT2D eigenvalue weighted by molar-refractivity contribution is 0.590. The van der Waals surface area contributed by atoms with Crippen LogP contribution in [0.2, 0.25) is 0 Å². The van der Waals surface area contributed by atoms with Gasteiger partial charge in [-0.05, 0) is 163 Å². The van der Waals surface area contributed by atoms with Crippen LogP contribution in [0.25, 0.3) is 129 Å². The molecule has 2 aliphatic rings. The second-order valence-electron chi connectivity index (χ2n) is 30.5. The summed E-state index contributed by atoms with van der Waals surface area (Å²) in [6.07, 6.45) is 0. The summed E-state index contributed by atoms with van der Waals surface area (Å²) in [5, 5.41) is 2.20. The van der Waals surface area contributed by atoms with E-state index in [1.54, 1.807) is 0 Å². The summed E-state index contributed by atoms with van der Waals surface area (Å²) in [5.74, 6) is 2.21. The molecule has 8 nitrogen and oxygen atoms in total. The quantitative estimate of drug-likeness (QED) is 0.113. The topological polar surface area (TPSA) is 75.9 Å². The molecule has 0 bridgehead atoms. The molecule has 0 spiro atoms. The molecule has 514 valence electrons. The number of fused-ring (bicyclic) bond motifs is 7. The number of rotatable bonds is 12. The van der Waals surface area contributed by atoms with Crippen LogP contribution >= 0.6 is 0 Å². The van der Waals surface area contributed by atoms with Crippen LogP contribution < -0.4 is 26.2 Å². The Kier molecular flexibility index (Phi) is 16.0. The number of para-hydroxylation sites is 1. The van der Waals surface area contributed by atoms with E-state index in [4.69, 9.17) is 24.9 Å². The van der Waals surface area contributed by atoms with Crippen molar-refractivity contribution in [3.8, 4) is 107 Å². The molecule has 17 aromatic rings. The first-order valence-corrected chi connectivity index (χ1v) is 37.2. The lowest BCUT2D eigenvalue weighted by atomic mass is 9.33. The van der Waals surface area contributed by atoms with Gasteiger partial charge in [0.15, 0.2) is 23.3 Å². The van der Waals surface area contributed by atoms with Gasteiger partial charge < -0.3 is 14.4 Å². The molecule has 0 N–H and O–H groups in total. The van der Waals surface area contributed by atoms with Gasteiger partial charge in [-0.1, -0.05) is 296 Å². The minimum Gasteiger partial charge on any atom is -0.311 e. The first-order valence-electron chi connectivity index (χ1n) is 37.2. The van der Waals surface area contributed by atoms with E-state index in [-0.39, 0.29) is 17.5 Å². The van der Waals surface area contributed by atoms with Crippen LogP contribution in [0.3, 0.4) is 0 Å². The van der Waals surface area contributed by atoms with Crippen LogP contribution in [0.15, 0.2) is 346 Å². The van der Waals surface area contributed by atoms with E-state index in [2.05, 4.69) is 353 Å². The minimum atomic E-state index is -0.131. The standard InChI is InChI=1S/C99H75BN8/c1-98(2,3)75-47-53-82-89(61-75)106(77-49-41-66(42-50-77)64-27-13-7-14-28-64)91-59-74(60-92-93(91)100(82)83-54-48-76(99(4,5)6)62-90(83)107(92)78-51-43-67(44-52-78)65-29-15-8-16-30-65)72-45-55-87-80(57-72)79-39-25-26-40-86(79)108(87)88-56-46-73(96-101-84(68-31-17-9-18-32-68)63-85(102-96)69-33-19-10-20-34-69)58-81(88)97-104-94(70-35-21-11-22-36-70)103-95(105-97)71-37-23-12-24-38-71/h7-63H,1-6H3. The van der Waals surface area contributed by atoms with Crippen LogP contribution in [-0.2, 0) is 10.8 Å². The van der Waals surface area contributed by atoms with Gasteiger partial charge in [0, 0.05) is 78.3 Å². The molecule has 0 amide bonds. The maximum atomic E-state index is 5.48. The van der Waals surface area contributed by atoms with Gasteiger partial charge in [-0.2, -0.15) is 0 Å². The maximum absolute atomic E-state index is 5.48. The van der Waals surface area contributed by atoms with Crippen molar-refractivity contribution in [2.45, 2.75) is 52.4 Å². The summed E-state index contributed by atoms with van der Waals surface area (Å²) in [7, 11) is 0. The molecule has 9 heteroatoms. The van der Waals surface area contributed by atoms with Crippen LogP contribution in [0.4, 0.5) is 34.1 Å². The number of hydrogen-bond acceptors (Lipinski definition) is 7. The molecule has 19 rings (SSSR count). The molecule has 0 aliphatic carbocycles. The van der Waals surface area contributed by atoms with Gasteiger partial charge in [0.2, 0.25) is 0 Å². The third kappa shape index (κ3) is 11.7. The lowest BCUT2D eigenvalue weighted by Crippen LogP contribution is -2.61. The van der Waals surface area contributed by atoms with Gasteiger partial charge in [0.05, 0.1) is 28.1 Å². The highest BCUT2D eigenvalue weighted by Gasteiger charge is 2.45. The fourth-order valence-electron chi connectivity index (χ4n) is 16.0. The van der Waals surface area contributed by atoms with Crippen molar-refractivity contribution >= 4 is 79.0 Å². The molecular formula is C99H75BN8. The maximum Gasteiger partial charge on any atom is 0.252 e. The van der Waals surface area contributed by atoms with Crippen molar-refractivity contribution in [2.24, 2.45) is 0 Å². The van der Waals surface area contributed by atoms with Crippen LogP contribution in [0.5, 0.6) is 0 Å². The van der Waals surface area contributed by atoms with E-state index in [1.807, 2.05) is 48.5 Å². The SMILES string of the molecule is CC(C)(C)c1ccc2c(c1)N(c1ccc(-c3ccccc3)cc1)c1cc(-c3ccc4c(c3)c3ccccc3n4-c3ccc(-c4nc(-c5ccccc5)cc(-c5ccccc5)n4)cc3-c3nc(-c4ccccc4)nc(-c4ccccc4)n3)cc3c1B2c1ccc(C(C)(C)C)cc1N3c1ccc(-c2ccccc2)cc1. The van der Waals surface area contributed by atoms with Gasteiger partial charge in [0.25, 0.3) is 6.71 Å². The zero-order chi connectivity index (χ0) is 72.8. The van der Waals surface area contributed by atoms with E-state index in [0.717, 1.165) is 106 Å². The molecule has 0 fully saturated rings. The number of benzene rings is 14. The average molecular weight is 1390 g/mol. The van der Waals surface area contributed by atoms with Crippen LogP contribution in [-0.4, -0.2) is 36.2 Å². The van der Waals surface area contributed by atoms with Crippen LogP contribution in [0.1, 0.15) is 52.7 Å². The van der Waals surface area contributed by atoms with Crippen molar-refractivity contribution in [1.82, 2.24) is 29.5 Å². The molecule has 0 saturated carbocycles. The molecule has 0 saturated heterocycles. The van der Waals surface area contributed by atoms with E-state index < -0.39 is 0 Å². The molecule has 14 aromatic carbocycles. The summed E-state index contributed by atoms with van der Waals surface area (Å²) in [6.45, 7) is 13.9. The lowest BCUT2D eigenvalue weighted by Gasteiger charge is -2.45. The number of nitrogens with zero attached hydrogens (tertiary/aromatic N) is 8.